The summed E-state index contributed by atoms with van der Waals surface area (Å²) >= 11 is 8.08. The number of hydrogen-bond acceptors (Lipinski definition) is 5. The van der Waals surface area contributed by atoms with Gasteiger partial charge in [-0.3, -0.25) is 0 Å². The van der Waals surface area contributed by atoms with Gasteiger partial charge < -0.3 is 15.2 Å². The predicted molar refractivity (Wildman–Crippen MR) is 115 cm³/mol. The summed E-state index contributed by atoms with van der Waals surface area (Å²) in [6.45, 7) is 0. The van der Waals surface area contributed by atoms with Crippen molar-refractivity contribution in [1.29, 1.82) is 5.41 Å². The second-order valence-electron chi connectivity index (χ2n) is 6.96. The van der Waals surface area contributed by atoms with Crippen LogP contribution in [0.2, 0.25) is 5.02 Å². The van der Waals surface area contributed by atoms with E-state index in [0.717, 1.165) is 29.7 Å². The van der Waals surface area contributed by atoms with E-state index in [-0.39, 0.29) is 11.2 Å². The van der Waals surface area contributed by atoms with Gasteiger partial charge in [-0.1, -0.05) is 23.7 Å². The van der Waals surface area contributed by atoms with Gasteiger partial charge in [0, 0.05) is 22.1 Å². The number of halogens is 1. The van der Waals surface area contributed by atoms with E-state index in [1.807, 2.05) is 41.0 Å². The van der Waals surface area contributed by atoms with Gasteiger partial charge in [-0.05, 0) is 37.1 Å². The smallest absolute Gasteiger partial charge is 0.237 e. The molecule has 28 heavy (non-hydrogen) atoms. The minimum Gasteiger partial charge on any atom is -0.493 e. The Morgan fingerprint density at radius 1 is 1.18 bits per heavy atom. The van der Waals surface area contributed by atoms with E-state index in [1.165, 1.54) is 0 Å². The molecule has 1 saturated carbocycles. The molecule has 1 atom stereocenters. The lowest BCUT2D eigenvalue weighted by molar-refractivity contribution is -0.315. The van der Waals surface area contributed by atoms with Crippen LogP contribution in [0.15, 0.2) is 36.4 Å². The number of nitrogens with zero attached hydrogens (tertiary/aromatic N) is 1. The molecule has 0 unspecified atom stereocenters. The Bertz CT molecular complexity index is 972. The Hall–Kier alpha value is -2.18. The number of nitrogens with two attached hydrogens (primary N) is 1. The fourth-order valence-corrected chi connectivity index (χ4v) is 5.00. The molecule has 0 bridgehead atoms. The number of rotatable bonds is 4. The van der Waals surface area contributed by atoms with Crippen LogP contribution >= 0.6 is 23.4 Å². The van der Waals surface area contributed by atoms with Crippen molar-refractivity contribution in [2.75, 3.05) is 20.0 Å². The van der Waals surface area contributed by atoms with Crippen LogP contribution in [0.1, 0.15) is 29.2 Å². The van der Waals surface area contributed by atoms with Crippen molar-refractivity contribution >= 4 is 40.7 Å². The number of ether oxygens (including phenoxy) is 2. The number of methoxy groups -OCH3 is 2. The molecule has 1 aliphatic carbocycles. The molecular weight excluding hydrogens is 394 g/mol. The highest BCUT2D eigenvalue weighted by Crippen LogP contribution is 2.48. The number of nitrogens with one attached hydrogen (secondary N) is 1. The summed E-state index contributed by atoms with van der Waals surface area (Å²) in [5, 5.41) is 9.27. The highest BCUT2D eigenvalue weighted by molar-refractivity contribution is 8.00. The van der Waals surface area contributed by atoms with E-state index in [4.69, 9.17) is 32.2 Å². The average Bonchev–Trinajstić information content (AvgIpc) is 3.54. The van der Waals surface area contributed by atoms with Crippen LogP contribution in [0.4, 0.5) is 5.69 Å². The van der Waals surface area contributed by atoms with Crippen LogP contribution in [0.5, 0.6) is 11.5 Å². The van der Waals surface area contributed by atoms with Gasteiger partial charge in [0.15, 0.2) is 11.5 Å². The van der Waals surface area contributed by atoms with Crippen LogP contribution < -0.4 is 15.2 Å². The van der Waals surface area contributed by atoms with E-state index in [1.54, 1.807) is 26.0 Å². The monoisotopic (exact) mass is 416 g/mol. The zero-order valence-corrected chi connectivity index (χ0v) is 17.4. The van der Waals surface area contributed by atoms with Gasteiger partial charge in [-0.15, -0.1) is 11.8 Å². The van der Waals surface area contributed by atoms with Crippen molar-refractivity contribution in [2.45, 2.75) is 18.1 Å². The van der Waals surface area contributed by atoms with Crippen molar-refractivity contribution in [3.8, 4) is 11.5 Å². The van der Waals surface area contributed by atoms with Gasteiger partial charge in [0.25, 0.3) is 0 Å². The molecule has 146 valence electrons. The average molecular weight is 417 g/mol. The maximum atomic E-state index is 8.66. The highest BCUT2D eigenvalue weighted by atomic mass is 35.5. The molecule has 2 aromatic carbocycles. The van der Waals surface area contributed by atoms with E-state index >= 15 is 0 Å². The molecule has 3 N–H and O–H groups in total. The lowest BCUT2D eigenvalue weighted by Crippen LogP contribution is -2.31. The van der Waals surface area contributed by atoms with E-state index in [0.29, 0.717) is 33.9 Å². The number of hydrogen-bond donors (Lipinski definition) is 2. The summed E-state index contributed by atoms with van der Waals surface area (Å²) in [6.07, 6.45) is 2.09. The molecule has 0 radical (unpaired) electrons. The van der Waals surface area contributed by atoms with E-state index in [9.17, 15) is 0 Å². The Kier molecular flexibility index (Phi) is 5.25. The first kappa shape index (κ1) is 19.2. The molecule has 2 aromatic rings. The van der Waals surface area contributed by atoms with Crippen LogP contribution in [0.3, 0.4) is 0 Å². The van der Waals surface area contributed by atoms with Gasteiger partial charge in [-0.2, -0.15) is 5.41 Å². The molecule has 7 heteroatoms. The Morgan fingerprint density at radius 3 is 2.64 bits per heavy atom. The molecule has 1 fully saturated rings. The maximum Gasteiger partial charge on any atom is 0.237 e. The third-order valence-electron chi connectivity index (χ3n) is 5.12. The Morgan fingerprint density at radius 2 is 1.96 bits per heavy atom. The minimum atomic E-state index is -0.0469. The third-order valence-corrected chi connectivity index (χ3v) is 6.66. The first-order chi connectivity index (χ1) is 13.5. The molecule has 2 aliphatic rings. The van der Waals surface area contributed by atoms with Crippen molar-refractivity contribution in [2.24, 2.45) is 11.7 Å². The van der Waals surface area contributed by atoms with E-state index < -0.39 is 0 Å². The molecule has 5 nitrogen and oxygen atoms in total. The number of para-hydroxylation sites is 1. The number of thioether (sulfide) groups is 1. The molecule has 0 saturated heterocycles. The van der Waals surface area contributed by atoms with Crippen LogP contribution in [-0.2, 0) is 0 Å². The molecule has 0 amide bonds. The summed E-state index contributed by atoms with van der Waals surface area (Å²) in [5.74, 6) is 3.53. The topological polar surface area (TPSA) is 71.3 Å². The van der Waals surface area contributed by atoms with Crippen LogP contribution in [0, 0.1) is 11.3 Å². The van der Waals surface area contributed by atoms with Crippen molar-refractivity contribution in [3.63, 3.8) is 0 Å². The third kappa shape index (κ3) is 3.35. The number of benzene rings is 2. The summed E-state index contributed by atoms with van der Waals surface area (Å²) < 4.78 is 13.1. The van der Waals surface area contributed by atoms with Gasteiger partial charge in [-0.25, -0.2) is 4.58 Å². The Labute approximate surface area is 174 Å². The lowest BCUT2D eigenvalue weighted by atomic mass is 10.0. The largest absolute Gasteiger partial charge is 0.493 e. The molecule has 1 heterocycles. The SMILES string of the molecule is COc1cccc([C@H]2SCC(N)=[N+](C(=N)C3CC3)c3ccc(Cl)cc32)c1OC. The normalized spacial score (nSPS) is 19.0. The number of amidine groups is 2. The quantitative estimate of drug-likeness (QED) is 0.434. The van der Waals surface area contributed by atoms with Crippen molar-refractivity contribution < 1.29 is 14.0 Å². The maximum absolute atomic E-state index is 8.66. The van der Waals surface area contributed by atoms with E-state index in [2.05, 4.69) is 0 Å². The summed E-state index contributed by atoms with van der Waals surface area (Å²) in [6, 6.07) is 11.7. The second kappa shape index (κ2) is 7.68. The van der Waals surface area contributed by atoms with Crippen molar-refractivity contribution in [1.82, 2.24) is 0 Å². The molecule has 0 spiro atoms. The zero-order valence-electron chi connectivity index (χ0n) is 15.9. The first-order valence-corrected chi connectivity index (χ1v) is 10.6. The standard InChI is InChI=1S/C21H22ClN3O2S/c1-26-17-5-3-4-14(19(17)27-2)20-15-10-13(22)8-9-16(15)25(18(23)11-28-20)21(24)12-6-7-12/h3-5,8-10,12,20,23-24H,6-7,11H2,1-2H3/p+1/t20-/m1/s1. The lowest BCUT2D eigenvalue weighted by Gasteiger charge is -2.21. The van der Waals surface area contributed by atoms with Crippen molar-refractivity contribution in [3.05, 3.63) is 52.5 Å². The molecule has 4 rings (SSSR count). The summed E-state index contributed by atoms with van der Waals surface area (Å²) in [5.41, 5.74) is 9.40. The van der Waals surface area contributed by atoms with Gasteiger partial charge in [0.2, 0.25) is 11.7 Å². The van der Waals surface area contributed by atoms with Crippen LogP contribution in [0.25, 0.3) is 0 Å². The Balaban J connectivity index is 1.89. The number of fused-ring (bicyclic) bond motifs is 1. The molecule has 0 aromatic heterocycles. The fourth-order valence-electron chi connectivity index (χ4n) is 3.62. The van der Waals surface area contributed by atoms with Crippen LogP contribution in [-0.4, -0.2) is 36.2 Å². The summed E-state index contributed by atoms with van der Waals surface area (Å²) in [4.78, 5) is 0. The highest BCUT2D eigenvalue weighted by Gasteiger charge is 2.38. The van der Waals surface area contributed by atoms with Gasteiger partial charge in [0.1, 0.15) is 5.69 Å². The zero-order chi connectivity index (χ0) is 19.8. The fraction of sp³-hybridized carbons (Fsp3) is 0.333. The second-order valence-corrected chi connectivity index (χ2v) is 8.49. The predicted octanol–water partition coefficient (Wildman–Crippen LogP) is 4.58. The van der Waals surface area contributed by atoms with Gasteiger partial charge in [0.05, 0.1) is 25.2 Å². The van der Waals surface area contributed by atoms with Gasteiger partial charge >= 0.3 is 0 Å². The minimum absolute atomic E-state index is 0.0469. The molecule has 1 aliphatic heterocycles. The molecular formula is C21H23ClN3O2S+. The first-order valence-electron chi connectivity index (χ1n) is 9.17. The summed E-state index contributed by atoms with van der Waals surface area (Å²) in [7, 11) is 3.29.